The molecule has 5 nitrogen and oxygen atoms in total. The van der Waals surface area contributed by atoms with Crippen molar-refractivity contribution in [2.45, 2.75) is 32.1 Å². The Morgan fingerprint density at radius 1 is 1.03 bits per heavy atom. The summed E-state index contributed by atoms with van der Waals surface area (Å²) in [4.78, 5) is 7.69. The minimum Gasteiger partial charge on any atom is -0.491 e. The first kappa shape index (κ1) is 23.9. The molecule has 0 amide bonds. The van der Waals surface area contributed by atoms with E-state index >= 15 is 0 Å². The molecule has 3 aromatic rings. The van der Waals surface area contributed by atoms with Crippen LogP contribution >= 0.6 is 0 Å². The van der Waals surface area contributed by atoms with Gasteiger partial charge in [-0.1, -0.05) is 47.6 Å². The van der Waals surface area contributed by atoms with Crippen molar-refractivity contribution >= 4 is 5.71 Å². The number of aryl methyl sites for hydroxylation is 1. The zero-order valence-electron chi connectivity index (χ0n) is 19.0. The first-order valence-corrected chi connectivity index (χ1v) is 11.3. The molecule has 1 N–H and O–H groups in total. The number of aliphatic hydroxyl groups excluding tert-OH is 1. The Kier molecular flexibility index (Phi) is 7.87. The smallest absolute Gasteiger partial charge is 0.145 e. The topological polar surface area (TPSA) is 54.3 Å². The second kappa shape index (κ2) is 11.2. The van der Waals surface area contributed by atoms with E-state index in [0.29, 0.717) is 26.1 Å². The van der Waals surface area contributed by atoms with Crippen LogP contribution in [0.1, 0.15) is 23.1 Å². The zero-order chi connectivity index (χ0) is 23.9. The van der Waals surface area contributed by atoms with E-state index in [2.05, 4.69) is 5.16 Å². The summed E-state index contributed by atoms with van der Waals surface area (Å²) in [5.74, 6) is 0.147. The molecule has 1 heterocycles. The van der Waals surface area contributed by atoms with E-state index in [0.717, 1.165) is 28.2 Å². The van der Waals surface area contributed by atoms with Gasteiger partial charge in [-0.05, 0) is 53.9 Å². The molecule has 0 saturated carbocycles. The fourth-order valence-corrected chi connectivity index (χ4v) is 3.93. The number of halogens is 2. The molecule has 7 heteroatoms. The van der Waals surface area contributed by atoms with E-state index in [1.807, 2.05) is 36.1 Å². The standard InChI is InChI=1S/C27H28F2N2O3/c1-19-4-2-3-5-27(19)33-18-24(32)16-31(15-20-6-10-22(28)11-7-20)17-25-14-26(30-34-25)21-8-12-23(29)13-9-21/h2-13,24-25,32H,14-18H2,1H3. The molecule has 3 aromatic carbocycles. The van der Waals surface area contributed by atoms with Crippen LogP contribution in [0.2, 0.25) is 0 Å². The highest BCUT2D eigenvalue weighted by atomic mass is 19.1. The average Bonchev–Trinajstić information content (AvgIpc) is 3.29. The third-order valence-corrected chi connectivity index (χ3v) is 5.69. The van der Waals surface area contributed by atoms with Gasteiger partial charge in [-0.15, -0.1) is 0 Å². The molecule has 1 aliphatic rings. The average molecular weight is 467 g/mol. The number of hydrogen-bond donors (Lipinski definition) is 1. The Bertz CT molecular complexity index is 1100. The van der Waals surface area contributed by atoms with Gasteiger partial charge in [-0.25, -0.2) is 8.78 Å². The summed E-state index contributed by atoms with van der Waals surface area (Å²) in [6.45, 7) is 3.46. The molecular formula is C27H28F2N2O3. The van der Waals surface area contributed by atoms with Crippen molar-refractivity contribution in [2.75, 3.05) is 19.7 Å². The highest BCUT2D eigenvalue weighted by molar-refractivity contribution is 6.01. The predicted octanol–water partition coefficient (Wildman–Crippen LogP) is 4.71. The van der Waals surface area contributed by atoms with Gasteiger partial charge in [-0.2, -0.15) is 0 Å². The quantitative estimate of drug-likeness (QED) is 0.470. The number of nitrogens with zero attached hydrogens (tertiary/aromatic N) is 2. The van der Waals surface area contributed by atoms with Crippen LogP contribution in [0.15, 0.2) is 78.0 Å². The van der Waals surface area contributed by atoms with Crippen molar-refractivity contribution in [1.29, 1.82) is 0 Å². The molecule has 0 radical (unpaired) electrons. The largest absolute Gasteiger partial charge is 0.491 e. The van der Waals surface area contributed by atoms with Gasteiger partial charge < -0.3 is 14.7 Å². The number of benzene rings is 3. The molecule has 0 bridgehead atoms. The first-order chi connectivity index (χ1) is 16.5. The van der Waals surface area contributed by atoms with Crippen molar-refractivity contribution in [3.8, 4) is 5.75 Å². The van der Waals surface area contributed by atoms with Gasteiger partial charge >= 0.3 is 0 Å². The molecule has 2 unspecified atom stereocenters. The van der Waals surface area contributed by atoms with Crippen LogP contribution in [0.3, 0.4) is 0 Å². The maximum atomic E-state index is 13.4. The third-order valence-electron chi connectivity index (χ3n) is 5.69. The van der Waals surface area contributed by atoms with Crippen LogP contribution < -0.4 is 4.74 Å². The lowest BCUT2D eigenvalue weighted by Crippen LogP contribution is -2.39. The molecule has 4 rings (SSSR count). The summed E-state index contributed by atoms with van der Waals surface area (Å²) in [5, 5.41) is 14.9. The summed E-state index contributed by atoms with van der Waals surface area (Å²) in [7, 11) is 0. The SMILES string of the molecule is Cc1ccccc1OCC(O)CN(Cc1ccc(F)cc1)CC1CC(c2ccc(F)cc2)=NO1. The lowest BCUT2D eigenvalue weighted by molar-refractivity contribution is 0.0212. The fraction of sp³-hybridized carbons (Fsp3) is 0.296. The zero-order valence-corrected chi connectivity index (χ0v) is 19.0. The van der Waals surface area contributed by atoms with Gasteiger partial charge in [0.1, 0.15) is 36.2 Å². The Hall–Kier alpha value is -3.29. The van der Waals surface area contributed by atoms with Crippen molar-refractivity contribution in [1.82, 2.24) is 4.90 Å². The Labute approximate surface area is 198 Å². The van der Waals surface area contributed by atoms with Crippen molar-refractivity contribution < 1.29 is 23.5 Å². The number of para-hydroxylation sites is 1. The van der Waals surface area contributed by atoms with Crippen LogP contribution in [0, 0.1) is 18.6 Å². The highest BCUT2D eigenvalue weighted by Gasteiger charge is 2.26. The van der Waals surface area contributed by atoms with E-state index in [1.54, 1.807) is 24.3 Å². The molecule has 2 atom stereocenters. The number of oxime groups is 1. The van der Waals surface area contributed by atoms with Crippen LogP contribution in [-0.4, -0.2) is 47.6 Å². The first-order valence-electron chi connectivity index (χ1n) is 11.3. The van der Waals surface area contributed by atoms with Gasteiger partial charge in [0, 0.05) is 26.1 Å². The second-order valence-electron chi connectivity index (χ2n) is 8.53. The summed E-state index contributed by atoms with van der Waals surface area (Å²) in [6.07, 6.45) is -0.384. The molecular weight excluding hydrogens is 438 g/mol. The molecule has 0 spiro atoms. The molecule has 0 fully saturated rings. The second-order valence-corrected chi connectivity index (χ2v) is 8.53. The Morgan fingerprint density at radius 3 is 2.41 bits per heavy atom. The molecule has 1 aliphatic heterocycles. The Morgan fingerprint density at radius 2 is 1.71 bits per heavy atom. The number of ether oxygens (including phenoxy) is 1. The molecule has 34 heavy (non-hydrogen) atoms. The number of aliphatic hydroxyl groups is 1. The minimum absolute atomic E-state index is 0.146. The van der Waals surface area contributed by atoms with Gasteiger partial charge in [0.15, 0.2) is 0 Å². The number of rotatable bonds is 10. The van der Waals surface area contributed by atoms with Gasteiger partial charge in [0.05, 0.1) is 5.71 Å². The van der Waals surface area contributed by atoms with Crippen molar-refractivity contribution in [2.24, 2.45) is 5.16 Å². The summed E-state index contributed by atoms with van der Waals surface area (Å²) in [5.41, 5.74) is 3.50. The molecule has 0 aromatic heterocycles. The lowest BCUT2D eigenvalue weighted by Gasteiger charge is -2.27. The molecule has 0 saturated heterocycles. The highest BCUT2D eigenvalue weighted by Crippen LogP contribution is 2.20. The van der Waals surface area contributed by atoms with Gasteiger partial charge in [0.2, 0.25) is 0 Å². The normalized spacial score (nSPS) is 16.3. The van der Waals surface area contributed by atoms with Gasteiger partial charge in [0.25, 0.3) is 0 Å². The predicted molar refractivity (Wildman–Crippen MR) is 127 cm³/mol. The lowest BCUT2D eigenvalue weighted by atomic mass is 10.0. The summed E-state index contributed by atoms with van der Waals surface area (Å²) < 4.78 is 32.4. The van der Waals surface area contributed by atoms with E-state index in [4.69, 9.17) is 9.57 Å². The van der Waals surface area contributed by atoms with Crippen LogP contribution in [-0.2, 0) is 11.4 Å². The molecule has 178 valence electrons. The van der Waals surface area contributed by atoms with Crippen molar-refractivity contribution in [3.63, 3.8) is 0 Å². The van der Waals surface area contributed by atoms with Crippen LogP contribution in [0.4, 0.5) is 8.78 Å². The summed E-state index contributed by atoms with van der Waals surface area (Å²) in [6, 6.07) is 20.1. The van der Waals surface area contributed by atoms with Gasteiger partial charge in [-0.3, -0.25) is 4.90 Å². The van der Waals surface area contributed by atoms with Crippen molar-refractivity contribution in [3.05, 3.63) is 101 Å². The van der Waals surface area contributed by atoms with E-state index in [1.165, 1.54) is 24.3 Å². The van der Waals surface area contributed by atoms with E-state index in [9.17, 15) is 13.9 Å². The van der Waals surface area contributed by atoms with Crippen LogP contribution in [0.25, 0.3) is 0 Å². The van der Waals surface area contributed by atoms with E-state index in [-0.39, 0.29) is 24.3 Å². The maximum absolute atomic E-state index is 13.4. The minimum atomic E-state index is -0.737. The maximum Gasteiger partial charge on any atom is 0.145 e. The number of hydrogen-bond acceptors (Lipinski definition) is 5. The molecule has 0 aliphatic carbocycles. The Balaban J connectivity index is 1.38. The summed E-state index contributed by atoms with van der Waals surface area (Å²) >= 11 is 0. The van der Waals surface area contributed by atoms with Crippen LogP contribution in [0.5, 0.6) is 5.75 Å². The fourth-order valence-electron chi connectivity index (χ4n) is 3.93. The van der Waals surface area contributed by atoms with E-state index < -0.39 is 6.10 Å². The monoisotopic (exact) mass is 466 g/mol. The third kappa shape index (κ3) is 6.62.